The lowest BCUT2D eigenvalue weighted by Crippen LogP contribution is -2.30. The molecule has 0 radical (unpaired) electrons. The smallest absolute Gasteiger partial charge is 0.248 e. The van der Waals surface area contributed by atoms with Gasteiger partial charge < -0.3 is 0 Å². The second kappa shape index (κ2) is 13.1. The van der Waals surface area contributed by atoms with Gasteiger partial charge in [0.2, 0.25) is 10.0 Å². The number of hydrogen-bond acceptors (Lipinski definition) is 6. The first-order valence-corrected chi connectivity index (χ1v) is 18.8. The summed E-state index contributed by atoms with van der Waals surface area (Å²) in [7, 11) is -7.79. The van der Waals surface area contributed by atoms with Crippen LogP contribution in [0.25, 0.3) is 0 Å². The average Bonchev–Trinajstić information content (AvgIpc) is 3.58. The Morgan fingerprint density at radius 2 is 1.31 bits per heavy atom. The van der Waals surface area contributed by atoms with E-state index in [1.165, 1.54) is 8.28 Å². The molecule has 0 amide bonds. The number of aromatic nitrogens is 1. The molecule has 0 bridgehead atoms. The fraction of sp³-hybridized carbons (Fsp3) is 0.161. The van der Waals surface area contributed by atoms with Gasteiger partial charge >= 0.3 is 0 Å². The van der Waals surface area contributed by atoms with Crippen LogP contribution in [-0.4, -0.2) is 25.1 Å². The Labute approximate surface area is 269 Å². The molecule has 2 aromatic heterocycles. The Balaban J connectivity index is 1.57. The number of nitrogens with zero attached hydrogens (tertiary/aromatic N) is 2. The van der Waals surface area contributed by atoms with Crippen molar-refractivity contribution in [3.63, 3.8) is 0 Å². The van der Waals surface area contributed by atoms with Gasteiger partial charge in [-0.1, -0.05) is 53.6 Å². The van der Waals surface area contributed by atoms with Crippen LogP contribution >= 0.6 is 45.7 Å². The fourth-order valence-corrected chi connectivity index (χ4v) is 9.34. The van der Waals surface area contributed by atoms with Gasteiger partial charge in [0, 0.05) is 36.1 Å². The summed E-state index contributed by atoms with van der Waals surface area (Å²) in [5.41, 5.74) is 4.22. The van der Waals surface area contributed by atoms with Crippen molar-refractivity contribution < 1.29 is 16.8 Å². The molecule has 218 valence electrons. The number of rotatable bonds is 11. The van der Waals surface area contributed by atoms with E-state index in [1.807, 2.05) is 55.6 Å². The maximum Gasteiger partial charge on any atom is 0.267 e. The minimum Gasteiger partial charge on any atom is -0.248 e. The summed E-state index contributed by atoms with van der Waals surface area (Å²) in [5.74, 6) is 0.476. The van der Waals surface area contributed by atoms with Crippen LogP contribution in [-0.2, 0) is 38.9 Å². The first kappa shape index (κ1) is 31.0. The highest BCUT2D eigenvalue weighted by molar-refractivity contribution is 14.1. The van der Waals surface area contributed by atoms with Gasteiger partial charge in [-0.15, -0.1) is 23.1 Å². The molecule has 0 saturated heterocycles. The molecule has 0 N–H and O–H groups in total. The lowest BCUT2D eigenvalue weighted by Gasteiger charge is -2.23. The topological polar surface area (TPSA) is 76.5 Å². The van der Waals surface area contributed by atoms with Crippen LogP contribution in [0.4, 0.5) is 0 Å². The number of hydrogen-bond donors (Lipinski definition) is 0. The average molecular weight is 749 g/mol. The number of thiophene rings is 1. The summed E-state index contributed by atoms with van der Waals surface area (Å²) < 4.78 is 59.0. The Bertz CT molecular complexity index is 1880. The van der Waals surface area contributed by atoms with Crippen LogP contribution in [0.5, 0.6) is 0 Å². The number of halogens is 1. The molecule has 11 heteroatoms. The molecule has 3 aromatic carbocycles. The highest BCUT2D eigenvalue weighted by Gasteiger charge is 2.28. The van der Waals surface area contributed by atoms with Crippen LogP contribution in [0, 0.1) is 16.7 Å². The third-order valence-corrected chi connectivity index (χ3v) is 13.5. The van der Waals surface area contributed by atoms with Gasteiger partial charge in [0.15, 0.2) is 0 Å². The number of aryl methyl sites for hydroxylation is 2. The van der Waals surface area contributed by atoms with Gasteiger partial charge in [-0.3, -0.25) is 0 Å². The van der Waals surface area contributed by atoms with Crippen LogP contribution in [0.2, 0.25) is 0 Å². The third-order valence-electron chi connectivity index (χ3n) is 6.76. The molecule has 5 aromatic rings. The van der Waals surface area contributed by atoms with Crippen molar-refractivity contribution in [2.75, 3.05) is 0 Å². The quantitative estimate of drug-likeness (QED) is 0.102. The van der Waals surface area contributed by atoms with Gasteiger partial charge in [0.25, 0.3) is 10.0 Å². The minimum absolute atomic E-state index is 0.0171. The maximum absolute atomic E-state index is 14.0. The second-order valence-corrected chi connectivity index (χ2v) is 17.4. The third kappa shape index (κ3) is 7.03. The van der Waals surface area contributed by atoms with Crippen molar-refractivity contribution in [1.29, 1.82) is 0 Å². The minimum atomic E-state index is -3.91. The predicted octanol–water partition coefficient (Wildman–Crippen LogP) is 7.69. The van der Waals surface area contributed by atoms with E-state index >= 15 is 0 Å². The summed E-state index contributed by atoms with van der Waals surface area (Å²) in [6, 6.07) is 25.3. The molecule has 0 spiro atoms. The van der Waals surface area contributed by atoms with Gasteiger partial charge in [0.1, 0.15) is 0 Å². The highest BCUT2D eigenvalue weighted by atomic mass is 127. The first-order valence-electron chi connectivity index (χ1n) is 13.0. The van der Waals surface area contributed by atoms with Gasteiger partial charge in [-0.25, -0.2) is 20.8 Å². The molecule has 5 rings (SSSR count). The molecule has 0 saturated carbocycles. The first-order chi connectivity index (χ1) is 20.0. The largest absolute Gasteiger partial charge is 0.267 e. The summed E-state index contributed by atoms with van der Waals surface area (Å²) in [5, 5.41) is 1.94. The number of thioether (sulfide) groups is 1. The Kier molecular flexibility index (Phi) is 9.65. The monoisotopic (exact) mass is 748 g/mol. The number of benzene rings is 3. The summed E-state index contributed by atoms with van der Waals surface area (Å²) in [6.45, 7) is 4.00. The van der Waals surface area contributed by atoms with E-state index in [9.17, 15) is 16.8 Å². The Morgan fingerprint density at radius 1 is 0.738 bits per heavy atom. The van der Waals surface area contributed by atoms with E-state index in [0.29, 0.717) is 11.3 Å². The van der Waals surface area contributed by atoms with Crippen molar-refractivity contribution in [1.82, 2.24) is 8.28 Å². The highest BCUT2D eigenvalue weighted by Crippen LogP contribution is 2.31. The van der Waals surface area contributed by atoms with Crippen molar-refractivity contribution in [3.8, 4) is 0 Å². The molecular formula is C31H29IN2O4S4. The van der Waals surface area contributed by atoms with Crippen LogP contribution < -0.4 is 0 Å². The van der Waals surface area contributed by atoms with Crippen LogP contribution in [0.3, 0.4) is 0 Å². The van der Waals surface area contributed by atoms with Gasteiger partial charge in [-0.05, 0) is 101 Å². The summed E-state index contributed by atoms with van der Waals surface area (Å²) >= 11 is 5.36. The van der Waals surface area contributed by atoms with Crippen molar-refractivity contribution in [3.05, 3.63) is 133 Å². The molecule has 0 aliphatic carbocycles. The van der Waals surface area contributed by atoms with E-state index in [0.717, 1.165) is 30.0 Å². The normalized spacial score (nSPS) is 12.2. The van der Waals surface area contributed by atoms with Gasteiger partial charge in [-0.2, -0.15) is 4.31 Å². The zero-order valence-corrected chi connectivity index (χ0v) is 28.4. The van der Waals surface area contributed by atoms with Crippen molar-refractivity contribution >= 4 is 65.7 Å². The van der Waals surface area contributed by atoms with E-state index in [2.05, 4.69) is 22.6 Å². The Hall–Kier alpha value is -2.42. The van der Waals surface area contributed by atoms with E-state index in [4.69, 9.17) is 0 Å². The van der Waals surface area contributed by atoms with E-state index < -0.39 is 20.0 Å². The molecule has 0 aliphatic heterocycles. The van der Waals surface area contributed by atoms with Crippen molar-refractivity contribution in [2.45, 2.75) is 47.4 Å². The molecular weight excluding hydrogens is 720 g/mol. The van der Waals surface area contributed by atoms with Crippen LogP contribution in [0.15, 0.2) is 117 Å². The van der Waals surface area contributed by atoms with Crippen molar-refractivity contribution in [2.24, 2.45) is 0 Å². The molecule has 0 aliphatic rings. The zero-order chi connectivity index (χ0) is 29.9. The lowest BCUT2D eigenvalue weighted by atomic mass is 10.2. The predicted molar refractivity (Wildman–Crippen MR) is 179 cm³/mol. The lowest BCUT2D eigenvalue weighted by molar-refractivity contribution is 0.400. The molecule has 2 heterocycles. The summed E-state index contributed by atoms with van der Waals surface area (Å²) in [6.07, 6.45) is 3.18. The number of sulfonamides is 1. The SMILES string of the molecule is Cc1ccc(S(=O)(=O)N(Cc2cn(S(=O)(=O)c3ccc(C)cc3)cc2CSc2ccccc2)Cc2ccsc2I)cc1. The standard InChI is InChI=1S/C31H29IN2O4S4/c1-23-8-12-29(13-9-23)41(35,36)33(18-25-16-17-39-31(25)32)19-26-20-34(42(37,38)30-14-10-24(2)11-15-30)21-27(26)22-40-28-6-4-3-5-7-28/h3-17,20-21H,18-19,22H2,1-2H3. The maximum atomic E-state index is 14.0. The van der Waals surface area contributed by atoms with E-state index in [-0.39, 0.29) is 22.9 Å². The summed E-state index contributed by atoms with van der Waals surface area (Å²) in [4.78, 5) is 1.41. The second-order valence-electron chi connectivity index (χ2n) is 9.86. The molecule has 0 atom stereocenters. The Morgan fingerprint density at radius 3 is 1.90 bits per heavy atom. The molecule has 42 heavy (non-hydrogen) atoms. The van der Waals surface area contributed by atoms with Gasteiger partial charge in [0.05, 0.1) is 12.7 Å². The molecule has 0 fully saturated rings. The van der Waals surface area contributed by atoms with Crippen LogP contribution in [0.1, 0.15) is 27.8 Å². The van der Waals surface area contributed by atoms with E-state index in [1.54, 1.807) is 84.0 Å². The fourth-order valence-electron chi connectivity index (χ4n) is 4.33. The molecule has 6 nitrogen and oxygen atoms in total. The molecule has 0 unspecified atom stereocenters. The zero-order valence-electron chi connectivity index (χ0n) is 23.0.